The fourth-order valence-corrected chi connectivity index (χ4v) is 3.30. The molecule has 0 amide bonds. The van der Waals surface area contributed by atoms with Gasteiger partial charge < -0.3 is 14.3 Å². The van der Waals surface area contributed by atoms with Crippen molar-refractivity contribution in [2.24, 2.45) is 7.05 Å². The molecule has 0 bridgehead atoms. The Morgan fingerprint density at radius 1 is 1.10 bits per heavy atom. The molecule has 1 N–H and O–H groups in total. The SMILES string of the molecule is CC(=O)c1ccc(Oc2ccc([N+](=O)[O-])cc2-c2cn(C)c(=O)c3[nH]ccc23)cc1. The van der Waals surface area contributed by atoms with E-state index in [-0.39, 0.29) is 17.0 Å². The van der Waals surface area contributed by atoms with Gasteiger partial charge in [-0.1, -0.05) is 0 Å². The van der Waals surface area contributed by atoms with Crippen LogP contribution in [0, 0.1) is 10.1 Å². The highest BCUT2D eigenvalue weighted by Gasteiger charge is 2.18. The van der Waals surface area contributed by atoms with Gasteiger partial charge in [0, 0.05) is 53.7 Å². The van der Waals surface area contributed by atoms with E-state index in [2.05, 4.69) is 4.98 Å². The number of nitro benzene ring substituents is 1. The highest BCUT2D eigenvalue weighted by molar-refractivity contribution is 5.96. The minimum atomic E-state index is -0.481. The number of benzene rings is 2. The molecule has 8 heteroatoms. The number of ketones is 1. The lowest BCUT2D eigenvalue weighted by atomic mass is 10.0. The lowest BCUT2D eigenvalue weighted by molar-refractivity contribution is -0.384. The lowest BCUT2D eigenvalue weighted by Gasteiger charge is -2.13. The zero-order chi connectivity index (χ0) is 21.4. The van der Waals surface area contributed by atoms with Crippen LogP contribution in [0.2, 0.25) is 0 Å². The van der Waals surface area contributed by atoms with Crippen LogP contribution in [0.25, 0.3) is 22.0 Å². The van der Waals surface area contributed by atoms with Crippen molar-refractivity contribution in [1.82, 2.24) is 9.55 Å². The van der Waals surface area contributed by atoms with Gasteiger partial charge in [-0.05, 0) is 43.3 Å². The van der Waals surface area contributed by atoms with E-state index in [0.29, 0.717) is 39.1 Å². The first kappa shape index (κ1) is 19.1. The molecule has 0 saturated carbocycles. The monoisotopic (exact) mass is 403 g/mol. The summed E-state index contributed by atoms with van der Waals surface area (Å²) in [7, 11) is 1.62. The number of ether oxygens (including phenoxy) is 1. The average molecular weight is 403 g/mol. The molecule has 0 atom stereocenters. The Morgan fingerprint density at radius 2 is 1.83 bits per heavy atom. The van der Waals surface area contributed by atoms with Crippen LogP contribution in [0.4, 0.5) is 5.69 Å². The van der Waals surface area contributed by atoms with Crippen molar-refractivity contribution in [1.29, 1.82) is 0 Å². The van der Waals surface area contributed by atoms with E-state index in [0.717, 1.165) is 0 Å². The zero-order valence-corrected chi connectivity index (χ0v) is 16.2. The Balaban J connectivity index is 1.88. The second-order valence-electron chi connectivity index (χ2n) is 6.85. The maximum absolute atomic E-state index is 12.4. The van der Waals surface area contributed by atoms with Gasteiger partial charge in [0.05, 0.1) is 4.92 Å². The molecule has 4 rings (SSSR count). The molecule has 2 heterocycles. The summed E-state index contributed by atoms with van der Waals surface area (Å²) in [5.41, 5.74) is 1.75. The number of aromatic amines is 1. The van der Waals surface area contributed by atoms with Crippen molar-refractivity contribution in [3.63, 3.8) is 0 Å². The van der Waals surface area contributed by atoms with Gasteiger partial charge in [-0.25, -0.2) is 0 Å². The summed E-state index contributed by atoms with van der Waals surface area (Å²) < 4.78 is 7.41. The van der Waals surface area contributed by atoms with Crippen molar-refractivity contribution in [2.45, 2.75) is 6.92 Å². The van der Waals surface area contributed by atoms with E-state index in [4.69, 9.17) is 4.74 Å². The number of H-pyrrole nitrogens is 1. The quantitative estimate of drug-likeness (QED) is 0.301. The van der Waals surface area contributed by atoms with Crippen molar-refractivity contribution >= 4 is 22.4 Å². The second-order valence-corrected chi connectivity index (χ2v) is 6.85. The second kappa shape index (κ2) is 7.32. The van der Waals surface area contributed by atoms with Gasteiger partial charge in [0.25, 0.3) is 11.2 Å². The van der Waals surface area contributed by atoms with E-state index >= 15 is 0 Å². The molecule has 0 unspecified atom stereocenters. The summed E-state index contributed by atoms with van der Waals surface area (Å²) in [5.74, 6) is 0.806. The number of non-ortho nitro benzene ring substituents is 1. The number of carbonyl (C=O) groups is 1. The number of pyridine rings is 1. The Kier molecular flexibility index (Phi) is 4.67. The first-order valence-electron chi connectivity index (χ1n) is 9.09. The van der Waals surface area contributed by atoms with Crippen LogP contribution in [0.3, 0.4) is 0 Å². The van der Waals surface area contributed by atoms with E-state index in [9.17, 15) is 19.7 Å². The summed E-state index contributed by atoms with van der Waals surface area (Å²) in [5, 5.41) is 12.0. The Bertz CT molecular complexity index is 1350. The van der Waals surface area contributed by atoms with Crippen LogP contribution in [0.15, 0.2) is 65.7 Å². The largest absolute Gasteiger partial charge is 0.457 e. The molecule has 0 aliphatic rings. The van der Waals surface area contributed by atoms with Gasteiger partial charge in [-0.15, -0.1) is 0 Å². The average Bonchev–Trinajstić information content (AvgIpc) is 3.21. The van der Waals surface area contributed by atoms with E-state index in [1.165, 1.54) is 29.7 Å². The molecule has 0 saturated heterocycles. The summed E-state index contributed by atoms with van der Waals surface area (Å²) in [6, 6.07) is 12.7. The molecule has 150 valence electrons. The summed E-state index contributed by atoms with van der Waals surface area (Å²) in [6.45, 7) is 1.48. The number of carbonyl (C=O) groups excluding carboxylic acids is 1. The predicted molar refractivity (Wildman–Crippen MR) is 112 cm³/mol. The lowest BCUT2D eigenvalue weighted by Crippen LogP contribution is -2.16. The van der Waals surface area contributed by atoms with Crippen LogP contribution < -0.4 is 10.3 Å². The number of nitrogens with zero attached hydrogens (tertiary/aromatic N) is 2. The first-order valence-corrected chi connectivity index (χ1v) is 9.09. The molecule has 8 nitrogen and oxygen atoms in total. The number of hydrogen-bond acceptors (Lipinski definition) is 5. The summed E-state index contributed by atoms with van der Waals surface area (Å²) in [6.07, 6.45) is 3.28. The van der Waals surface area contributed by atoms with E-state index < -0.39 is 4.92 Å². The van der Waals surface area contributed by atoms with Crippen LogP contribution in [-0.4, -0.2) is 20.3 Å². The first-order chi connectivity index (χ1) is 14.3. The molecule has 0 fully saturated rings. The topological polar surface area (TPSA) is 107 Å². The molecule has 0 radical (unpaired) electrons. The number of rotatable bonds is 5. The standard InChI is InChI=1S/C22H17N3O5/c1-13(26)14-3-6-16(7-4-14)30-20-8-5-15(25(28)29)11-18(20)19-12-24(2)22(27)21-17(19)9-10-23-21/h3-12,23H,1-2H3. The molecule has 30 heavy (non-hydrogen) atoms. The number of aromatic nitrogens is 2. The Hall–Kier alpha value is -4.20. The highest BCUT2D eigenvalue weighted by atomic mass is 16.6. The number of nitrogens with one attached hydrogen (secondary N) is 1. The van der Waals surface area contributed by atoms with Gasteiger partial charge in [0.15, 0.2) is 5.78 Å². The number of fused-ring (bicyclic) bond motifs is 1. The third-order valence-electron chi connectivity index (χ3n) is 4.85. The van der Waals surface area contributed by atoms with Crippen molar-refractivity contribution < 1.29 is 14.5 Å². The summed E-state index contributed by atoms with van der Waals surface area (Å²) in [4.78, 5) is 37.7. The van der Waals surface area contributed by atoms with E-state index in [1.54, 1.807) is 49.8 Å². The van der Waals surface area contributed by atoms with Gasteiger partial charge >= 0.3 is 0 Å². The minimum Gasteiger partial charge on any atom is -0.457 e. The van der Waals surface area contributed by atoms with Gasteiger partial charge in [0.1, 0.15) is 17.0 Å². The molecule has 2 aromatic carbocycles. The third-order valence-corrected chi connectivity index (χ3v) is 4.85. The van der Waals surface area contributed by atoms with Crippen LogP contribution in [-0.2, 0) is 7.05 Å². The number of hydrogen-bond donors (Lipinski definition) is 1. The molecule has 4 aromatic rings. The maximum atomic E-state index is 12.4. The number of nitro groups is 1. The molecular weight excluding hydrogens is 386 g/mol. The Labute approximate surface area is 170 Å². The van der Waals surface area contributed by atoms with Gasteiger partial charge in [0.2, 0.25) is 0 Å². The number of aryl methyl sites for hydroxylation is 1. The molecule has 0 aliphatic heterocycles. The molecule has 0 spiro atoms. The smallest absolute Gasteiger partial charge is 0.274 e. The third kappa shape index (κ3) is 3.35. The molecular formula is C22H17N3O5. The fourth-order valence-electron chi connectivity index (χ4n) is 3.30. The predicted octanol–water partition coefficient (Wildman–Crippen LogP) is 4.44. The van der Waals surface area contributed by atoms with Crippen molar-refractivity contribution in [3.05, 3.63) is 87.0 Å². The highest BCUT2D eigenvalue weighted by Crippen LogP contribution is 2.38. The number of Topliss-reactive ketones (excluding diaryl/α,β-unsaturated/α-hetero) is 1. The van der Waals surface area contributed by atoms with Crippen LogP contribution in [0.1, 0.15) is 17.3 Å². The van der Waals surface area contributed by atoms with Crippen LogP contribution in [0.5, 0.6) is 11.5 Å². The molecule has 0 aliphatic carbocycles. The fraction of sp³-hybridized carbons (Fsp3) is 0.0909. The van der Waals surface area contributed by atoms with Gasteiger partial charge in [-0.3, -0.25) is 19.7 Å². The zero-order valence-electron chi connectivity index (χ0n) is 16.2. The normalized spacial score (nSPS) is 10.9. The van der Waals surface area contributed by atoms with Crippen molar-refractivity contribution in [3.8, 4) is 22.6 Å². The van der Waals surface area contributed by atoms with Crippen LogP contribution >= 0.6 is 0 Å². The van der Waals surface area contributed by atoms with E-state index in [1.807, 2.05) is 0 Å². The summed E-state index contributed by atoms with van der Waals surface area (Å²) >= 11 is 0. The Morgan fingerprint density at radius 3 is 2.50 bits per heavy atom. The molecule has 2 aromatic heterocycles. The maximum Gasteiger partial charge on any atom is 0.274 e. The minimum absolute atomic E-state index is 0.0578. The van der Waals surface area contributed by atoms with Crippen molar-refractivity contribution in [2.75, 3.05) is 0 Å². The van der Waals surface area contributed by atoms with Gasteiger partial charge in [-0.2, -0.15) is 0 Å².